The number of aromatic nitrogens is 1. The van der Waals surface area contributed by atoms with Gasteiger partial charge in [-0.3, -0.25) is 0 Å². The number of nitrogens with zero attached hydrogens (tertiary/aromatic N) is 1. The maximum absolute atomic E-state index is 5.81. The highest BCUT2D eigenvalue weighted by Gasteiger charge is 2.24. The molecule has 0 bridgehead atoms. The molecule has 0 aromatic carbocycles. The van der Waals surface area contributed by atoms with Crippen LogP contribution in [0.5, 0.6) is 0 Å². The third-order valence-corrected chi connectivity index (χ3v) is 3.40. The molecule has 88 valence electrons. The molecule has 0 spiro atoms. The van der Waals surface area contributed by atoms with Gasteiger partial charge in [0.1, 0.15) is 6.10 Å². The van der Waals surface area contributed by atoms with E-state index in [9.17, 15) is 0 Å². The minimum Gasteiger partial charge on any atom is -0.441 e. The molecule has 4 heteroatoms. The Balaban J connectivity index is 1.71. The molecule has 2 fully saturated rings. The number of hydrogen-bond donors (Lipinski definition) is 1. The van der Waals surface area contributed by atoms with E-state index in [1.807, 2.05) is 6.20 Å². The number of oxazole rings is 1. The van der Waals surface area contributed by atoms with Crippen LogP contribution in [-0.4, -0.2) is 18.1 Å². The first kappa shape index (κ1) is 10.3. The van der Waals surface area contributed by atoms with Gasteiger partial charge in [-0.25, -0.2) is 4.98 Å². The molecule has 0 aliphatic carbocycles. The summed E-state index contributed by atoms with van der Waals surface area (Å²) in [5.41, 5.74) is 0. The fourth-order valence-electron chi connectivity index (χ4n) is 2.47. The second kappa shape index (κ2) is 4.55. The first-order chi connectivity index (χ1) is 7.93. The molecule has 0 amide bonds. The van der Waals surface area contributed by atoms with Gasteiger partial charge in [-0.05, 0) is 38.6 Å². The van der Waals surface area contributed by atoms with Gasteiger partial charge in [-0.1, -0.05) is 0 Å². The summed E-state index contributed by atoms with van der Waals surface area (Å²) in [7, 11) is 0. The number of rotatable bonds is 2. The van der Waals surface area contributed by atoms with Crippen molar-refractivity contribution >= 4 is 0 Å². The molecule has 1 N–H and O–H groups in total. The van der Waals surface area contributed by atoms with E-state index in [1.165, 1.54) is 19.3 Å². The van der Waals surface area contributed by atoms with Gasteiger partial charge in [-0.2, -0.15) is 0 Å². The largest absolute Gasteiger partial charge is 0.441 e. The molecule has 2 aliphatic rings. The van der Waals surface area contributed by atoms with Gasteiger partial charge in [0.15, 0.2) is 5.76 Å². The average molecular weight is 222 g/mol. The maximum Gasteiger partial charge on any atom is 0.211 e. The molecule has 3 rings (SSSR count). The molecule has 2 atom stereocenters. The van der Waals surface area contributed by atoms with Crippen LogP contribution < -0.4 is 5.32 Å². The molecular formula is C12H18N2O2. The van der Waals surface area contributed by atoms with E-state index < -0.39 is 0 Å². The van der Waals surface area contributed by atoms with Crippen molar-refractivity contribution in [1.29, 1.82) is 0 Å². The fraction of sp³-hybridized carbons (Fsp3) is 0.750. The van der Waals surface area contributed by atoms with Crippen LogP contribution in [0.3, 0.4) is 0 Å². The Morgan fingerprint density at radius 1 is 1.25 bits per heavy atom. The van der Waals surface area contributed by atoms with E-state index >= 15 is 0 Å². The van der Waals surface area contributed by atoms with E-state index in [-0.39, 0.29) is 6.10 Å². The first-order valence-corrected chi connectivity index (χ1v) is 6.24. The number of ether oxygens (including phenoxy) is 1. The van der Waals surface area contributed by atoms with Crippen LogP contribution >= 0.6 is 0 Å². The van der Waals surface area contributed by atoms with Crippen LogP contribution in [0, 0.1) is 0 Å². The van der Waals surface area contributed by atoms with Crippen molar-refractivity contribution in [1.82, 2.24) is 10.3 Å². The maximum atomic E-state index is 5.81. The van der Waals surface area contributed by atoms with Crippen LogP contribution in [0.4, 0.5) is 0 Å². The molecule has 3 heterocycles. The molecule has 0 saturated carbocycles. The van der Waals surface area contributed by atoms with Crippen LogP contribution in [0.2, 0.25) is 0 Å². The summed E-state index contributed by atoms with van der Waals surface area (Å²) in [6.45, 7) is 1.92. The molecule has 2 unspecified atom stereocenters. The van der Waals surface area contributed by atoms with E-state index in [1.54, 1.807) is 0 Å². The summed E-state index contributed by atoms with van der Waals surface area (Å²) < 4.78 is 11.5. The number of hydrogen-bond acceptors (Lipinski definition) is 4. The topological polar surface area (TPSA) is 47.3 Å². The summed E-state index contributed by atoms with van der Waals surface area (Å²) >= 11 is 0. The zero-order valence-electron chi connectivity index (χ0n) is 9.45. The van der Waals surface area contributed by atoms with Crippen LogP contribution in [-0.2, 0) is 4.74 Å². The minimum absolute atomic E-state index is 0.136. The predicted octanol–water partition coefficient (Wildman–Crippen LogP) is 2.34. The molecule has 1 aromatic heterocycles. The Kier molecular flexibility index (Phi) is 2.93. The molecule has 2 aliphatic heterocycles. The van der Waals surface area contributed by atoms with Gasteiger partial charge in [0.2, 0.25) is 5.89 Å². The van der Waals surface area contributed by atoms with Crippen molar-refractivity contribution in [3.05, 3.63) is 17.8 Å². The highest BCUT2D eigenvalue weighted by atomic mass is 16.5. The van der Waals surface area contributed by atoms with Crippen molar-refractivity contribution in [2.24, 2.45) is 0 Å². The Bertz CT molecular complexity index is 339. The number of nitrogens with one attached hydrogen (secondary N) is 1. The van der Waals surface area contributed by atoms with Crippen molar-refractivity contribution in [3.8, 4) is 0 Å². The monoisotopic (exact) mass is 222 g/mol. The van der Waals surface area contributed by atoms with E-state index in [0.29, 0.717) is 6.04 Å². The lowest BCUT2D eigenvalue weighted by Crippen LogP contribution is -2.13. The summed E-state index contributed by atoms with van der Waals surface area (Å²) in [5, 5.41) is 3.39. The van der Waals surface area contributed by atoms with Gasteiger partial charge in [0.05, 0.1) is 12.2 Å². The van der Waals surface area contributed by atoms with Crippen molar-refractivity contribution in [2.45, 2.75) is 44.2 Å². The predicted molar refractivity (Wildman–Crippen MR) is 59.0 cm³/mol. The normalized spacial score (nSPS) is 30.8. The zero-order valence-corrected chi connectivity index (χ0v) is 9.45. The lowest BCUT2D eigenvalue weighted by atomic mass is 10.1. The van der Waals surface area contributed by atoms with E-state index in [2.05, 4.69) is 10.3 Å². The molecule has 4 nitrogen and oxygen atoms in total. The molecule has 16 heavy (non-hydrogen) atoms. The van der Waals surface area contributed by atoms with Crippen LogP contribution in [0.15, 0.2) is 10.6 Å². The smallest absolute Gasteiger partial charge is 0.211 e. The molecule has 0 radical (unpaired) electrons. The van der Waals surface area contributed by atoms with Gasteiger partial charge in [-0.15, -0.1) is 0 Å². The Morgan fingerprint density at radius 3 is 3.00 bits per heavy atom. The third kappa shape index (κ3) is 1.99. The highest BCUT2D eigenvalue weighted by Crippen LogP contribution is 2.30. The van der Waals surface area contributed by atoms with E-state index in [4.69, 9.17) is 9.15 Å². The summed E-state index contributed by atoms with van der Waals surface area (Å²) in [4.78, 5) is 4.36. The Morgan fingerprint density at radius 2 is 2.25 bits per heavy atom. The standard InChI is InChI=1S/C12H18N2O2/c1-2-7-15-10(5-1)11-8-14-12(16-11)9-4-3-6-13-9/h8-10,13H,1-7H2. The molecule has 1 aromatic rings. The molecule has 2 saturated heterocycles. The first-order valence-electron chi connectivity index (χ1n) is 6.24. The summed E-state index contributed by atoms with van der Waals surface area (Å²) in [6, 6.07) is 0.317. The summed E-state index contributed by atoms with van der Waals surface area (Å²) in [5.74, 6) is 1.74. The van der Waals surface area contributed by atoms with Gasteiger partial charge < -0.3 is 14.5 Å². The van der Waals surface area contributed by atoms with Gasteiger partial charge in [0.25, 0.3) is 0 Å². The second-order valence-electron chi connectivity index (χ2n) is 4.61. The zero-order chi connectivity index (χ0) is 10.8. The van der Waals surface area contributed by atoms with Crippen molar-refractivity contribution in [2.75, 3.05) is 13.2 Å². The summed E-state index contributed by atoms with van der Waals surface area (Å²) in [6.07, 6.45) is 7.77. The SMILES string of the molecule is c1nc(C2CCCN2)oc1C1CCCCO1. The molecular weight excluding hydrogens is 204 g/mol. The van der Waals surface area contributed by atoms with E-state index in [0.717, 1.165) is 37.6 Å². The fourth-order valence-corrected chi connectivity index (χ4v) is 2.47. The highest BCUT2D eigenvalue weighted by molar-refractivity contribution is 5.03. The average Bonchev–Trinajstić information content (AvgIpc) is 3.01. The second-order valence-corrected chi connectivity index (χ2v) is 4.61. The van der Waals surface area contributed by atoms with Crippen LogP contribution in [0.1, 0.15) is 55.9 Å². The minimum atomic E-state index is 0.136. The van der Waals surface area contributed by atoms with Crippen LogP contribution in [0.25, 0.3) is 0 Å². The van der Waals surface area contributed by atoms with Crippen molar-refractivity contribution in [3.63, 3.8) is 0 Å². The Labute approximate surface area is 95.4 Å². The van der Waals surface area contributed by atoms with Crippen molar-refractivity contribution < 1.29 is 9.15 Å². The lowest BCUT2D eigenvalue weighted by molar-refractivity contribution is 0.00101. The van der Waals surface area contributed by atoms with Gasteiger partial charge >= 0.3 is 0 Å². The quantitative estimate of drug-likeness (QED) is 0.834. The van der Waals surface area contributed by atoms with Gasteiger partial charge in [0, 0.05) is 6.61 Å². The third-order valence-electron chi connectivity index (χ3n) is 3.40. The Hall–Kier alpha value is -0.870. The lowest BCUT2D eigenvalue weighted by Gasteiger charge is -2.20.